The number of nitrogens with zero attached hydrogens (tertiary/aromatic N) is 3. The summed E-state index contributed by atoms with van der Waals surface area (Å²) in [7, 11) is 1.67. The Kier molecular flexibility index (Phi) is 4.31. The second-order valence-electron chi connectivity index (χ2n) is 6.26. The molecule has 2 atom stereocenters. The van der Waals surface area contributed by atoms with E-state index >= 15 is 0 Å². The summed E-state index contributed by atoms with van der Waals surface area (Å²) in [6, 6.07) is 3.34. The number of aromatic nitrogens is 1. The predicted molar refractivity (Wildman–Crippen MR) is 82.8 cm³/mol. The molecule has 6 heteroatoms. The average molecular weight is 305 g/mol. The fraction of sp³-hybridized carbons (Fsp3) is 0.625. The molecule has 120 valence electrons. The van der Waals surface area contributed by atoms with Gasteiger partial charge in [0.1, 0.15) is 0 Å². The molecule has 3 rings (SSSR count). The first-order chi connectivity index (χ1) is 10.6. The molecule has 0 radical (unpaired) electrons. The Morgan fingerprint density at radius 1 is 1.23 bits per heavy atom. The number of aliphatic hydroxyl groups excluding tert-OH is 1. The van der Waals surface area contributed by atoms with Gasteiger partial charge >= 0.3 is 0 Å². The standard InChI is InChI=1S/C16H23N3O3/c1-17-6-5-12(11-15(17)21)16(22)19-9-7-18(8-10-19)13-3-2-4-14(13)20/h5-6,11,13-14,20H,2-4,7-10H2,1H3/t13-,14+/m1/s1. The fourth-order valence-electron chi connectivity index (χ4n) is 3.47. The first kappa shape index (κ1) is 15.2. The number of rotatable bonds is 2. The van der Waals surface area contributed by atoms with E-state index in [1.165, 1.54) is 10.6 Å². The summed E-state index contributed by atoms with van der Waals surface area (Å²) in [6.45, 7) is 2.88. The van der Waals surface area contributed by atoms with Gasteiger partial charge in [-0.15, -0.1) is 0 Å². The van der Waals surface area contributed by atoms with Gasteiger partial charge in [0.25, 0.3) is 11.5 Å². The van der Waals surface area contributed by atoms with Crippen LogP contribution in [0, 0.1) is 0 Å². The highest BCUT2D eigenvalue weighted by Crippen LogP contribution is 2.25. The lowest BCUT2D eigenvalue weighted by Crippen LogP contribution is -2.53. The van der Waals surface area contributed by atoms with Crippen molar-refractivity contribution in [1.82, 2.24) is 14.4 Å². The minimum Gasteiger partial charge on any atom is -0.391 e. The molecule has 2 aliphatic rings. The Hall–Kier alpha value is -1.66. The number of carbonyl (C=O) groups excluding carboxylic acids is 1. The van der Waals surface area contributed by atoms with Gasteiger partial charge in [0.05, 0.1) is 6.10 Å². The van der Waals surface area contributed by atoms with Crippen molar-refractivity contribution < 1.29 is 9.90 Å². The van der Waals surface area contributed by atoms with Crippen molar-refractivity contribution in [3.63, 3.8) is 0 Å². The van der Waals surface area contributed by atoms with E-state index < -0.39 is 0 Å². The van der Waals surface area contributed by atoms with E-state index in [-0.39, 0.29) is 23.6 Å². The first-order valence-electron chi connectivity index (χ1n) is 7.94. The van der Waals surface area contributed by atoms with Gasteiger partial charge in [-0.05, 0) is 25.3 Å². The number of aliphatic hydroxyl groups is 1. The van der Waals surface area contributed by atoms with E-state index in [0.717, 1.165) is 32.4 Å². The van der Waals surface area contributed by atoms with Crippen LogP contribution in [-0.4, -0.2) is 63.7 Å². The fourth-order valence-corrected chi connectivity index (χ4v) is 3.47. The minimum absolute atomic E-state index is 0.0793. The number of hydrogen-bond acceptors (Lipinski definition) is 4. The molecule has 1 saturated carbocycles. The van der Waals surface area contributed by atoms with Gasteiger partial charge in [0.15, 0.2) is 0 Å². The SMILES string of the molecule is Cn1ccc(C(=O)N2CCN([C@@H]3CCC[C@@H]3O)CC2)cc1=O. The highest BCUT2D eigenvalue weighted by atomic mass is 16.3. The first-order valence-corrected chi connectivity index (χ1v) is 7.94. The maximum atomic E-state index is 12.5. The zero-order chi connectivity index (χ0) is 15.7. The molecule has 1 N–H and O–H groups in total. The lowest BCUT2D eigenvalue weighted by Gasteiger charge is -2.39. The van der Waals surface area contributed by atoms with Crippen LogP contribution < -0.4 is 5.56 Å². The zero-order valence-electron chi connectivity index (χ0n) is 12.9. The van der Waals surface area contributed by atoms with E-state index in [0.29, 0.717) is 18.7 Å². The molecule has 1 aliphatic carbocycles. The Morgan fingerprint density at radius 2 is 1.95 bits per heavy atom. The largest absolute Gasteiger partial charge is 0.391 e. The summed E-state index contributed by atoms with van der Waals surface area (Å²) in [5, 5.41) is 9.99. The van der Waals surface area contributed by atoms with Crippen LogP contribution in [0.25, 0.3) is 0 Å². The monoisotopic (exact) mass is 305 g/mol. The Balaban J connectivity index is 1.62. The maximum absolute atomic E-state index is 12.5. The van der Waals surface area contributed by atoms with E-state index in [1.54, 1.807) is 24.2 Å². The molecule has 1 saturated heterocycles. The van der Waals surface area contributed by atoms with Crippen LogP contribution in [0.4, 0.5) is 0 Å². The van der Waals surface area contributed by atoms with E-state index in [1.807, 2.05) is 0 Å². The van der Waals surface area contributed by atoms with E-state index in [9.17, 15) is 14.7 Å². The van der Waals surface area contributed by atoms with Crippen molar-refractivity contribution in [1.29, 1.82) is 0 Å². The second kappa shape index (κ2) is 6.22. The number of hydrogen-bond donors (Lipinski definition) is 1. The van der Waals surface area contributed by atoms with Gasteiger partial charge in [-0.25, -0.2) is 0 Å². The van der Waals surface area contributed by atoms with Gasteiger partial charge in [-0.1, -0.05) is 0 Å². The van der Waals surface area contributed by atoms with Crippen LogP contribution in [0.2, 0.25) is 0 Å². The maximum Gasteiger partial charge on any atom is 0.254 e. The predicted octanol–water partition coefficient (Wildman–Crippen LogP) is 0.0565. The molecule has 1 aromatic heterocycles. The molecule has 1 amide bonds. The molecule has 2 heterocycles. The highest BCUT2D eigenvalue weighted by Gasteiger charge is 2.33. The summed E-state index contributed by atoms with van der Waals surface area (Å²) in [5.41, 5.74) is 0.288. The van der Waals surface area contributed by atoms with Gasteiger partial charge in [-0.2, -0.15) is 0 Å². The molecule has 2 fully saturated rings. The van der Waals surface area contributed by atoms with Crippen LogP contribution in [-0.2, 0) is 7.05 Å². The third-order valence-corrected chi connectivity index (χ3v) is 4.87. The lowest BCUT2D eigenvalue weighted by molar-refractivity contribution is 0.0315. The van der Waals surface area contributed by atoms with Crippen molar-refractivity contribution in [2.45, 2.75) is 31.4 Å². The van der Waals surface area contributed by atoms with Gasteiger partial charge in [0.2, 0.25) is 0 Å². The molecular formula is C16H23N3O3. The van der Waals surface area contributed by atoms with Crippen LogP contribution >= 0.6 is 0 Å². The number of carbonyl (C=O) groups is 1. The van der Waals surface area contributed by atoms with Gasteiger partial charge < -0.3 is 14.6 Å². The van der Waals surface area contributed by atoms with Crippen molar-refractivity contribution in [2.75, 3.05) is 26.2 Å². The van der Waals surface area contributed by atoms with Crippen molar-refractivity contribution in [2.24, 2.45) is 7.05 Å². The number of aryl methyl sites for hydroxylation is 1. The van der Waals surface area contributed by atoms with Gasteiger partial charge in [0, 0.05) is 57.1 Å². The number of amides is 1. The normalized spacial score (nSPS) is 26.4. The molecule has 1 aliphatic heterocycles. The lowest BCUT2D eigenvalue weighted by atomic mass is 10.1. The summed E-state index contributed by atoms with van der Waals surface area (Å²) in [4.78, 5) is 28.2. The Labute approximate surface area is 130 Å². The zero-order valence-corrected chi connectivity index (χ0v) is 12.9. The third kappa shape index (κ3) is 2.94. The molecule has 0 spiro atoms. The molecule has 6 nitrogen and oxygen atoms in total. The Bertz CT molecular complexity index is 605. The van der Waals surface area contributed by atoms with Crippen molar-refractivity contribution in [3.05, 3.63) is 34.2 Å². The van der Waals surface area contributed by atoms with E-state index in [4.69, 9.17) is 0 Å². The molecular weight excluding hydrogens is 282 g/mol. The second-order valence-corrected chi connectivity index (χ2v) is 6.26. The summed E-state index contributed by atoms with van der Waals surface area (Å²) >= 11 is 0. The summed E-state index contributed by atoms with van der Waals surface area (Å²) in [5.74, 6) is -0.0793. The topological polar surface area (TPSA) is 65.8 Å². The quantitative estimate of drug-likeness (QED) is 0.839. The molecule has 0 bridgehead atoms. The third-order valence-electron chi connectivity index (χ3n) is 4.87. The number of pyridine rings is 1. The van der Waals surface area contributed by atoms with Crippen LogP contribution in [0.5, 0.6) is 0 Å². The van der Waals surface area contributed by atoms with Crippen molar-refractivity contribution >= 4 is 5.91 Å². The van der Waals surface area contributed by atoms with Crippen molar-refractivity contribution in [3.8, 4) is 0 Å². The number of piperazine rings is 1. The van der Waals surface area contributed by atoms with Crippen LogP contribution in [0.15, 0.2) is 23.1 Å². The molecule has 0 aromatic carbocycles. The summed E-state index contributed by atoms with van der Waals surface area (Å²) < 4.78 is 1.45. The minimum atomic E-state index is -0.223. The average Bonchev–Trinajstić information content (AvgIpc) is 2.95. The molecule has 22 heavy (non-hydrogen) atoms. The van der Waals surface area contributed by atoms with Gasteiger partial charge in [-0.3, -0.25) is 14.5 Å². The highest BCUT2D eigenvalue weighted by molar-refractivity contribution is 5.94. The molecule has 1 aromatic rings. The molecule has 0 unspecified atom stereocenters. The Morgan fingerprint density at radius 3 is 2.55 bits per heavy atom. The smallest absolute Gasteiger partial charge is 0.254 e. The van der Waals surface area contributed by atoms with E-state index in [2.05, 4.69) is 4.90 Å². The van der Waals surface area contributed by atoms with Crippen LogP contribution in [0.3, 0.4) is 0 Å². The van der Waals surface area contributed by atoms with Crippen LogP contribution in [0.1, 0.15) is 29.6 Å². The summed E-state index contributed by atoms with van der Waals surface area (Å²) in [6.07, 6.45) is 4.42.